The van der Waals surface area contributed by atoms with Crippen LogP contribution in [-0.2, 0) is 6.54 Å². The van der Waals surface area contributed by atoms with Gasteiger partial charge in [0.25, 0.3) is 0 Å². The molecule has 0 amide bonds. The number of hydrogen-bond acceptors (Lipinski definition) is 5. The van der Waals surface area contributed by atoms with Crippen LogP contribution in [0.4, 0.5) is 10.3 Å². The zero-order valence-electron chi connectivity index (χ0n) is 14.5. The number of halogens is 2. The highest BCUT2D eigenvalue weighted by Gasteiger charge is 2.19. The molecule has 3 rings (SSSR count). The maximum absolute atomic E-state index is 13.7. The standard InChI is InChI=1S/C17H21FN6O.HI/c1-25-15-4-3-13(11-14(15)18)12-22-16(19)23-7-9-24(10-8-23)17-20-5-2-6-21-17;/h2-6,11H,7-10,12H2,1H3,(H2,19,22);1H. The molecule has 1 aliphatic rings. The molecule has 26 heavy (non-hydrogen) atoms. The van der Waals surface area contributed by atoms with E-state index in [0.717, 1.165) is 37.7 Å². The van der Waals surface area contributed by atoms with Crippen LogP contribution in [0.25, 0.3) is 0 Å². The average molecular weight is 472 g/mol. The molecule has 1 aliphatic heterocycles. The first-order valence-electron chi connectivity index (χ1n) is 8.06. The molecule has 9 heteroatoms. The van der Waals surface area contributed by atoms with Crippen LogP contribution in [0.5, 0.6) is 5.75 Å². The number of hydrogen-bond donors (Lipinski definition) is 1. The SMILES string of the molecule is COc1ccc(CN=C(N)N2CCN(c3ncccn3)CC2)cc1F.I. The third kappa shape index (κ3) is 4.93. The summed E-state index contributed by atoms with van der Waals surface area (Å²) in [6, 6.07) is 6.59. The van der Waals surface area contributed by atoms with Gasteiger partial charge < -0.3 is 20.3 Å². The van der Waals surface area contributed by atoms with Crippen LogP contribution in [0.1, 0.15) is 5.56 Å². The number of aliphatic imine (C=N–C) groups is 1. The fourth-order valence-corrected chi connectivity index (χ4v) is 2.67. The smallest absolute Gasteiger partial charge is 0.225 e. The monoisotopic (exact) mass is 472 g/mol. The summed E-state index contributed by atoms with van der Waals surface area (Å²) in [5, 5.41) is 0. The summed E-state index contributed by atoms with van der Waals surface area (Å²) in [6.45, 7) is 3.36. The predicted molar refractivity (Wildman–Crippen MR) is 110 cm³/mol. The molecule has 1 aromatic carbocycles. The van der Waals surface area contributed by atoms with E-state index in [9.17, 15) is 4.39 Å². The first-order valence-corrected chi connectivity index (χ1v) is 8.06. The van der Waals surface area contributed by atoms with Crippen molar-refractivity contribution in [2.24, 2.45) is 10.7 Å². The first-order chi connectivity index (χ1) is 12.2. The number of nitrogens with two attached hydrogens (primary N) is 1. The van der Waals surface area contributed by atoms with Gasteiger partial charge >= 0.3 is 0 Å². The van der Waals surface area contributed by atoms with E-state index < -0.39 is 5.82 Å². The Balaban J connectivity index is 0.00000243. The van der Waals surface area contributed by atoms with E-state index in [1.54, 1.807) is 30.6 Å². The van der Waals surface area contributed by atoms with Gasteiger partial charge in [0.1, 0.15) is 0 Å². The van der Waals surface area contributed by atoms with E-state index in [-0.39, 0.29) is 29.7 Å². The Morgan fingerprint density at radius 2 is 1.92 bits per heavy atom. The number of rotatable bonds is 4. The number of ether oxygens (including phenoxy) is 1. The molecule has 0 unspecified atom stereocenters. The lowest BCUT2D eigenvalue weighted by Crippen LogP contribution is -2.51. The van der Waals surface area contributed by atoms with Gasteiger partial charge in [-0.1, -0.05) is 6.07 Å². The molecule has 140 valence electrons. The second-order valence-electron chi connectivity index (χ2n) is 5.67. The quantitative estimate of drug-likeness (QED) is 0.416. The maximum Gasteiger partial charge on any atom is 0.225 e. The minimum absolute atomic E-state index is 0. The molecular formula is C17H22FIN6O. The maximum atomic E-state index is 13.7. The summed E-state index contributed by atoms with van der Waals surface area (Å²) in [4.78, 5) is 17.0. The first kappa shape index (κ1) is 20.1. The van der Waals surface area contributed by atoms with E-state index in [0.29, 0.717) is 12.5 Å². The summed E-state index contributed by atoms with van der Waals surface area (Å²) < 4.78 is 18.6. The molecule has 1 aromatic heterocycles. The molecule has 0 saturated carbocycles. The number of anilines is 1. The molecule has 0 radical (unpaired) electrons. The van der Waals surface area contributed by atoms with Crippen LogP contribution in [0.3, 0.4) is 0 Å². The van der Waals surface area contributed by atoms with Gasteiger partial charge in [0.2, 0.25) is 5.95 Å². The van der Waals surface area contributed by atoms with Gasteiger partial charge in [-0.15, -0.1) is 24.0 Å². The number of guanidine groups is 1. The Morgan fingerprint density at radius 3 is 2.54 bits per heavy atom. The highest BCUT2D eigenvalue weighted by atomic mass is 127. The van der Waals surface area contributed by atoms with Crippen molar-refractivity contribution in [3.05, 3.63) is 48.0 Å². The van der Waals surface area contributed by atoms with Crippen molar-refractivity contribution in [1.82, 2.24) is 14.9 Å². The average Bonchev–Trinajstić information content (AvgIpc) is 2.67. The highest BCUT2D eigenvalue weighted by Crippen LogP contribution is 2.18. The third-order valence-electron chi connectivity index (χ3n) is 4.08. The van der Waals surface area contributed by atoms with E-state index in [1.807, 2.05) is 4.90 Å². The summed E-state index contributed by atoms with van der Waals surface area (Å²) >= 11 is 0. The largest absolute Gasteiger partial charge is 0.494 e. The van der Waals surface area contributed by atoms with E-state index in [1.165, 1.54) is 13.2 Å². The normalized spacial score (nSPS) is 14.8. The van der Waals surface area contributed by atoms with Gasteiger partial charge in [0, 0.05) is 38.6 Å². The van der Waals surface area contributed by atoms with Gasteiger partial charge in [-0.2, -0.15) is 0 Å². The number of benzene rings is 1. The molecule has 1 saturated heterocycles. The number of methoxy groups -OCH3 is 1. The van der Waals surface area contributed by atoms with E-state index in [2.05, 4.69) is 19.9 Å². The molecule has 7 nitrogen and oxygen atoms in total. The van der Waals surface area contributed by atoms with Crippen molar-refractivity contribution in [3.63, 3.8) is 0 Å². The Morgan fingerprint density at radius 1 is 1.23 bits per heavy atom. The number of nitrogens with zero attached hydrogens (tertiary/aromatic N) is 5. The molecular weight excluding hydrogens is 450 g/mol. The van der Waals surface area contributed by atoms with Gasteiger partial charge in [0.05, 0.1) is 13.7 Å². The van der Waals surface area contributed by atoms with E-state index >= 15 is 0 Å². The van der Waals surface area contributed by atoms with Crippen molar-refractivity contribution in [2.75, 3.05) is 38.2 Å². The Hall–Kier alpha value is -2.17. The fourth-order valence-electron chi connectivity index (χ4n) is 2.67. The minimum Gasteiger partial charge on any atom is -0.494 e. The van der Waals surface area contributed by atoms with Gasteiger partial charge in [-0.3, -0.25) is 0 Å². The van der Waals surface area contributed by atoms with Crippen LogP contribution in [-0.4, -0.2) is 54.1 Å². The highest BCUT2D eigenvalue weighted by molar-refractivity contribution is 14.0. The van der Waals surface area contributed by atoms with Gasteiger partial charge in [-0.05, 0) is 23.8 Å². The Kier molecular flexibility index (Phi) is 7.37. The summed E-state index contributed by atoms with van der Waals surface area (Å²) in [6.07, 6.45) is 3.47. The lowest BCUT2D eigenvalue weighted by molar-refractivity contribution is 0.378. The van der Waals surface area contributed by atoms with Crippen LogP contribution < -0.4 is 15.4 Å². The van der Waals surface area contributed by atoms with Crippen molar-refractivity contribution in [2.45, 2.75) is 6.54 Å². The van der Waals surface area contributed by atoms with Gasteiger partial charge in [-0.25, -0.2) is 19.4 Å². The zero-order chi connectivity index (χ0) is 17.6. The molecule has 0 bridgehead atoms. The molecule has 2 aromatic rings. The lowest BCUT2D eigenvalue weighted by atomic mass is 10.2. The van der Waals surface area contributed by atoms with E-state index in [4.69, 9.17) is 10.5 Å². The predicted octanol–water partition coefficient (Wildman–Crippen LogP) is 1.88. The van der Waals surface area contributed by atoms with Gasteiger partial charge in [0.15, 0.2) is 17.5 Å². The second kappa shape index (κ2) is 9.51. The van der Waals surface area contributed by atoms with Crippen molar-refractivity contribution in [3.8, 4) is 5.75 Å². The summed E-state index contributed by atoms with van der Waals surface area (Å²) in [5.74, 6) is 1.02. The number of piperazine rings is 1. The molecule has 1 fully saturated rings. The van der Waals surface area contributed by atoms with Crippen molar-refractivity contribution < 1.29 is 9.13 Å². The second-order valence-corrected chi connectivity index (χ2v) is 5.67. The van der Waals surface area contributed by atoms with Crippen LogP contribution in [0.15, 0.2) is 41.7 Å². The van der Waals surface area contributed by atoms with Crippen LogP contribution >= 0.6 is 24.0 Å². The summed E-state index contributed by atoms with van der Waals surface area (Å²) in [7, 11) is 1.44. The van der Waals surface area contributed by atoms with Crippen molar-refractivity contribution >= 4 is 35.9 Å². The Labute approximate surface area is 169 Å². The lowest BCUT2D eigenvalue weighted by Gasteiger charge is -2.35. The number of aromatic nitrogens is 2. The van der Waals surface area contributed by atoms with Crippen LogP contribution in [0, 0.1) is 5.82 Å². The molecule has 0 aliphatic carbocycles. The molecule has 0 atom stereocenters. The topological polar surface area (TPSA) is 79.9 Å². The molecule has 2 N–H and O–H groups in total. The third-order valence-corrected chi connectivity index (χ3v) is 4.08. The van der Waals surface area contributed by atoms with Crippen LogP contribution in [0.2, 0.25) is 0 Å². The molecule has 0 spiro atoms. The van der Waals surface area contributed by atoms with Crippen molar-refractivity contribution in [1.29, 1.82) is 0 Å². The fraction of sp³-hybridized carbons (Fsp3) is 0.353. The zero-order valence-corrected chi connectivity index (χ0v) is 16.8. The summed E-state index contributed by atoms with van der Waals surface area (Å²) in [5.41, 5.74) is 6.83. The Bertz CT molecular complexity index is 737. The molecule has 2 heterocycles. The minimum atomic E-state index is -0.398.